The molecule has 2 aromatic carbocycles. The van der Waals surface area contributed by atoms with Crippen LogP contribution in [-0.2, 0) is 17.6 Å². The van der Waals surface area contributed by atoms with Crippen molar-refractivity contribution in [2.45, 2.75) is 70.6 Å². The van der Waals surface area contributed by atoms with Gasteiger partial charge in [-0.05, 0) is 61.9 Å². The summed E-state index contributed by atoms with van der Waals surface area (Å²) >= 11 is 0. The zero-order valence-corrected chi connectivity index (χ0v) is 22.4. The summed E-state index contributed by atoms with van der Waals surface area (Å²) in [6, 6.07) is 14.0. The summed E-state index contributed by atoms with van der Waals surface area (Å²) in [5.41, 5.74) is 2.26. The Morgan fingerprint density at radius 2 is 2.00 bits per heavy atom. The van der Waals surface area contributed by atoms with Crippen molar-refractivity contribution in [3.05, 3.63) is 87.3 Å². The fraction of sp³-hybridized carbons (Fsp3) is 0.400. The highest BCUT2D eigenvalue weighted by Crippen LogP contribution is 2.35. The fourth-order valence-electron chi connectivity index (χ4n) is 5.17. The lowest BCUT2D eigenvalue weighted by Crippen LogP contribution is -2.42. The Balaban J connectivity index is 1.50. The summed E-state index contributed by atoms with van der Waals surface area (Å²) < 4.78 is 24.7. The van der Waals surface area contributed by atoms with E-state index < -0.39 is 11.4 Å². The smallest absolute Gasteiger partial charge is 0.259 e. The predicted molar refractivity (Wildman–Crippen MR) is 145 cm³/mol. The number of benzene rings is 2. The van der Waals surface area contributed by atoms with Crippen molar-refractivity contribution in [1.82, 2.24) is 19.2 Å². The summed E-state index contributed by atoms with van der Waals surface area (Å²) in [5.74, 6) is 0.0399. The minimum atomic E-state index is -0.923. The first-order chi connectivity index (χ1) is 18.7. The molecule has 39 heavy (non-hydrogen) atoms. The normalized spacial score (nSPS) is 17.2. The van der Waals surface area contributed by atoms with Gasteiger partial charge in [-0.2, -0.15) is 15.3 Å². The van der Waals surface area contributed by atoms with Crippen molar-refractivity contribution in [2.24, 2.45) is 0 Å². The maximum Gasteiger partial charge on any atom is 0.259 e. The van der Waals surface area contributed by atoms with Gasteiger partial charge in [0, 0.05) is 18.0 Å². The van der Waals surface area contributed by atoms with Gasteiger partial charge in [0.1, 0.15) is 12.1 Å². The van der Waals surface area contributed by atoms with Gasteiger partial charge >= 0.3 is 0 Å². The van der Waals surface area contributed by atoms with Crippen LogP contribution in [0, 0.1) is 17.1 Å². The van der Waals surface area contributed by atoms with Crippen LogP contribution in [0.3, 0.4) is 0 Å². The van der Waals surface area contributed by atoms with Crippen molar-refractivity contribution in [3.8, 4) is 17.2 Å². The van der Waals surface area contributed by atoms with Crippen LogP contribution in [0.5, 0.6) is 0 Å². The van der Waals surface area contributed by atoms with Gasteiger partial charge in [0.25, 0.3) is 5.56 Å². The third kappa shape index (κ3) is 5.35. The Hall–Kier alpha value is -3.87. The average molecular weight is 530 g/mol. The van der Waals surface area contributed by atoms with Gasteiger partial charge in [-0.25, -0.2) is 8.91 Å². The molecule has 0 spiro atoms. The first-order valence-corrected chi connectivity index (χ1v) is 13.3. The molecule has 1 saturated carbocycles. The Morgan fingerprint density at radius 3 is 2.69 bits per heavy atom. The van der Waals surface area contributed by atoms with E-state index in [1.165, 1.54) is 12.4 Å². The number of aliphatic hydroxyl groups is 1. The molecule has 0 bridgehead atoms. The van der Waals surface area contributed by atoms with E-state index in [-0.39, 0.29) is 30.7 Å². The molecule has 4 aromatic rings. The minimum Gasteiger partial charge on any atom is -0.388 e. The third-order valence-corrected chi connectivity index (χ3v) is 7.20. The molecule has 9 heteroatoms. The minimum absolute atomic E-state index is 0.0589. The van der Waals surface area contributed by atoms with Crippen LogP contribution in [0.2, 0.25) is 0 Å². The van der Waals surface area contributed by atoms with Crippen LogP contribution >= 0.6 is 0 Å². The highest BCUT2D eigenvalue weighted by molar-refractivity contribution is 5.70. The lowest BCUT2D eigenvalue weighted by atomic mass is 9.88. The Morgan fingerprint density at radius 1 is 1.23 bits per heavy atom. The molecule has 202 valence electrons. The van der Waals surface area contributed by atoms with Gasteiger partial charge in [0.15, 0.2) is 0 Å². The van der Waals surface area contributed by atoms with Crippen molar-refractivity contribution >= 4 is 5.78 Å². The first-order valence-electron chi connectivity index (χ1n) is 13.3. The number of ether oxygens (including phenoxy) is 1. The first kappa shape index (κ1) is 26.7. The zero-order chi connectivity index (χ0) is 27.7. The SMILES string of the molecule is CCCc1c(Cc2ccc(-c3ccccc3C#N)cc2F)c(=O)n([C@H]2C[C@@H](OCC(C)(C)O)C2)c2ncnn12. The summed E-state index contributed by atoms with van der Waals surface area (Å²) in [7, 11) is 0. The molecular weight excluding hydrogens is 497 g/mol. The molecule has 5 rings (SSSR count). The molecule has 0 amide bonds. The molecular formula is C30H32FN5O3. The lowest BCUT2D eigenvalue weighted by Gasteiger charge is -2.37. The molecule has 8 nitrogen and oxygen atoms in total. The molecule has 2 heterocycles. The molecule has 0 unspecified atom stereocenters. The van der Waals surface area contributed by atoms with Gasteiger partial charge in [-0.15, -0.1) is 0 Å². The van der Waals surface area contributed by atoms with Crippen LogP contribution in [0.15, 0.2) is 53.6 Å². The van der Waals surface area contributed by atoms with Crippen LogP contribution in [-0.4, -0.2) is 42.6 Å². The highest BCUT2D eigenvalue weighted by atomic mass is 19.1. The Bertz CT molecular complexity index is 1610. The van der Waals surface area contributed by atoms with Crippen molar-refractivity contribution in [1.29, 1.82) is 5.26 Å². The van der Waals surface area contributed by atoms with Gasteiger partial charge in [0.05, 0.1) is 35.6 Å². The number of aryl methyl sites for hydroxylation is 1. The molecule has 1 aliphatic carbocycles. The fourth-order valence-corrected chi connectivity index (χ4v) is 5.17. The molecule has 0 saturated heterocycles. The van der Waals surface area contributed by atoms with E-state index >= 15 is 4.39 Å². The number of nitriles is 1. The molecule has 1 N–H and O–H groups in total. The Kier molecular flexibility index (Phi) is 7.34. The van der Waals surface area contributed by atoms with E-state index in [1.807, 2.05) is 13.0 Å². The summed E-state index contributed by atoms with van der Waals surface area (Å²) in [4.78, 5) is 18.4. The highest BCUT2D eigenvalue weighted by Gasteiger charge is 2.35. The second-order valence-corrected chi connectivity index (χ2v) is 10.8. The van der Waals surface area contributed by atoms with Gasteiger partial charge < -0.3 is 9.84 Å². The zero-order valence-electron chi connectivity index (χ0n) is 22.4. The van der Waals surface area contributed by atoms with Crippen molar-refractivity contribution < 1.29 is 14.2 Å². The summed E-state index contributed by atoms with van der Waals surface area (Å²) in [5, 5.41) is 23.8. The van der Waals surface area contributed by atoms with E-state index in [4.69, 9.17) is 4.74 Å². The quantitative estimate of drug-likeness (QED) is 0.340. The molecule has 0 aliphatic heterocycles. The molecule has 0 radical (unpaired) electrons. The molecule has 1 aliphatic rings. The van der Waals surface area contributed by atoms with E-state index in [0.717, 1.165) is 12.1 Å². The molecule has 0 atom stereocenters. The van der Waals surface area contributed by atoms with E-state index in [0.29, 0.717) is 52.9 Å². The number of hydrogen-bond donors (Lipinski definition) is 1. The number of nitrogens with zero attached hydrogens (tertiary/aromatic N) is 5. The topological polar surface area (TPSA) is 105 Å². The lowest BCUT2D eigenvalue weighted by molar-refractivity contribution is -0.0894. The standard InChI is InChI=1S/C30H32FN5O3/c1-4-7-27-25(12-20-11-10-19(13-26(20)31)24-9-6-5-8-21(24)16-32)28(37)35(29-33-18-34-36(27)29)22-14-23(15-22)39-17-30(2,3)38/h5-6,8-11,13,18,22-23,38H,4,7,12,14-15,17H2,1-3H3/t22-,23+. The number of fused-ring (bicyclic) bond motifs is 1. The summed E-state index contributed by atoms with van der Waals surface area (Å²) in [6.07, 6.45) is 4.12. The maximum atomic E-state index is 15.5. The second-order valence-electron chi connectivity index (χ2n) is 10.8. The van der Waals surface area contributed by atoms with E-state index in [2.05, 4.69) is 16.2 Å². The van der Waals surface area contributed by atoms with Crippen molar-refractivity contribution in [3.63, 3.8) is 0 Å². The van der Waals surface area contributed by atoms with Crippen molar-refractivity contribution in [2.75, 3.05) is 6.61 Å². The maximum absolute atomic E-state index is 15.5. The average Bonchev–Trinajstić information content (AvgIpc) is 3.36. The molecule has 1 fully saturated rings. The number of aromatic nitrogens is 4. The summed E-state index contributed by atoms with van der Waals surface area (Å²) in [6.45, 7) is 5.63. The van der Waals surface area contributed by atoms with E-state index in [9.17, 15) is 15.2 Å². The van der Waals surface area contributed by atoms with E-state index in [1.54, 1.807) is 53.3 Å². The second kappa shape index (κ2) is 10.7. The number of rotatable bonds is 9. The monoisotopic (exact) mass is 529 g/mol. The van der Waals surface area contributed by atoms with Gasteiger partial charge in [-0.3, -0.25) is 9.36 Å². The van der Waals surface area contributed by atoms with Crippen LogP contribution in [0.4, 0.5) is 4.39 Å². The molecule has 2 aromatic heterocycles. The predicted octanol–water partition coefficient (Wildman–Crippen LogP) is 4.60. The largest absolute Gasteiger partial charge is 0.388 e. The van der Waals surface area contributed by atoms with Crippen LogP contribution in [0.1, 0.15) is 68.5 Å². The van der Waals surface area contributed by atoms with Crippen LogP contribution < -0.4 is 5.56 Å². The third-order valence-electron chi connectivity index (χ3n) is 7.20. The van der Waals surface area contributed by atoms with Gasteiger partial charge in [-0.1, -0.05) is 43.7 Å². The number of hydrogen-bond acceptors (Lipinski definition) is 6. The van der Waals surface area contributed by atoms with Crippen LogP contribution in [0.25, 0.3) is 16.9 Å². The van der Waals surface area contributed by atoms with Gasteiger partial charge in [0.2, 0.25) is 5.78 Å². The Labute approximate surface area is 226 Å². The number of halogens is 1.